The predicted octanol–water partition coefficient (Wildman–Crippen LogP) is 2.42. The van der Waals surface area contributed by atoms with E-state index in [0.29, 0.717) is 23.1 Å². The molecule has 0 fully saturated rings. The molecular weight excluding hydrogens is 290 g/mol. The first-order chi connectivity index (χ1) is 8.00. The van der Waals surface area contributed by atoms with Gasteiger partial charge in [-0.3, -0.25) is 4.79 Å². The molecule has 0 aromatic heterocycles. The standard InChI is InChI=1S/C11H12BrNO4/c12-7-3-4-9(8(6-7)11(16)17)13-5-1-2-10(14)15/h3-4,6,13H,1-2,5H2,(H,14,15)(H,16,17). The zero-order valence-electron chi connectivity index (χ0n) is 8.94. The highest BCUT2D eigenvalue weighted by Crippen LogP contribution is 2.21. The van der Waals surface area contributed by atoms with Gasteiger partial charge in [0.1, 0.15) is 0 Å². The van der Waals surface area contributed by atoms with E-state index < -0.39 is 11.9 Å². The van der Waals surface area contributed by atoms with E-state index in [1.54, 1.807) is 12.1 Å². The minimum atomic E-state index is -1.02. The second-order valence-electron chi connectivity index (χ2n) is 3.42. The molecule has 0 amide bonds. The van der Waals surface area contributed by atoms with Gasteiger partial charge in [0.15, 0.2) is 0 Å². The number of carboxylic acids is 2. The lowest BCUT2D eigenvalue weighted by atomic mass is 10.1. The summed E-state index contributed by atoms with van der Waals surface area (Å²) >= 11 is 3.20. The number of aromatic carboxylic acids is 1. The molecule has 0 spiro atoms. The van der Waals surface area contributed by atoms with Crippen molar-refractivity contribution in [1.29, 1.82) is 0 Å². The van der Waals surface area contributed by atoms with Crippen molar-refractivity contribution in [2.24, 2.45) is 0 Å². The molecule has 0 saturated heterocycles. The number of aliphatic carboxylic acids is 1. The van der Waals surface area contributed by atoms with Crippen molar-refractivity contribution in [2.45, 2.75) is 12.8 Å². The summed E-state index contributed by atoms with van der Waals surface area (Å²) in [5, 5.41) is 20.4. The molecule has 1 aromatic rings. The second kappa shape index (κ2) is 6.24. The molecule has 0 aliphatic carbocycles. The lowest BCUT2D eigenvalue weighted by Gasteiger charge is -2.09. The molecule has 0 aliphatic rings. The Morgan fingerprint density at radius 1 is 1.29 bits per heavy atom. The Balaban J connectivity index is 2.64. The first-order valence-corrected chi connectivity index (χ1v) is 5.78. The molecule has 0 aliphatic heterocycles. The van der Waals surface area contributed by atoms with Crippen LogP contribution in [0.15, 0.2) is 22.7 Å². The van der Waals surface area contributed by atoms with Crippen LogP contribution in [-0.2, 0) is 4.79 Å². The number of carbonyl (C=O) groups is 2. The number of halogens is 1. The highest BCUT2D eigenvalue weighted by Gasteiger charge is 2.10. The summed E-state index contributed by atoms with van der Waals surface area (Å²) in [4.78, 5) is 21.3. The summed E-state index contributed by atoms with van der Waals surface area (Å²) in [5.41, 5.74) is 0.654. The second-order valence-corrected chi connectivity index (χ2v) is 4.33. The lowest BCUT2D eigenvalue weighted by Crippen LogP contribution is -2.09. The molecule has 0 atom stereocenters. The summed E-state index contributed by atoms with van der Waals surface area (Å²) in [6.45, 7) is 0.425. The molecule has 0 heterocycles. The molecule has 1 rings (SSSR count). The fraction of sp³-hybridized carbons (Fsp3) is 0.273. The van der Waals surface area contributed by atoms with Crippen LogP contribution in [0.3, 0.4) is 0 Å². The number of carboxylic acid groups (broad SMARTS) is 2. The number of hydrogen-bond donors (Lipinski definition) is 3. The molecule has 0 bridgehead atoms. The fourth-order valence-electron chi connectivity index (χ4n) is 1.31. The Morgan fingerprint density at radius 3 is 2.59 bits per heavy atom. The van der Waals surface area contributed by atoms with Crippen molar-refractivity contribution in [3.63, 3.8) is 0 Å². The normalized spacial score (nSPS) is 9.94. The van der Waals surface area contributed by atoms with Crippen molar-refractivity contribution in [2.75, 3.05) is 11.9 Å². The smallest absolute Gasteiger partial charge is 0.337 e. The number of nitrogens with one attached hydrogen (secondary N) is 1. The van der Waals surface area contributed by atoms with Gasteiger partial charge in [0.25, 0.3) is 0 Å². The maximum atomic E-state index is 11.0. The zero-order chi connectivity index (χ0) is 12.8. The number of benzene rings is 1. The van der Waals surface area contributed by atoms with Crippen LogP contribution < -0.4 is 5.32 Å². The molecule has 5 nitrogen and oxygen atoms in total. The van der Waals surface area contributed by atoms with Crippen LogP contribution in [0.4, 0.5) is 5.69 Å². The zero-order valence-corrected chi connectivity index (χ0v) is 10.5. The van der Waals surface area contributed by atoms with E-state index in [4.69, 9.17) is 10.2 Å². The van der Waals surface area contributed by atoms with Gasteiger partial charge in [0, 0.05) is 23.1 Å². The van der Waals surface area contributed by atoms with Crippen LogP contribution >= 0.6 is 15.9 Å². The van der Waals surface area contributed by atoms with Gasteiger partial charge in [-0.15, -0.1) is 0 Å². The van der Waals surface area contributed by atoms with Crippen LogP contribution in [0.5, 0.6) is 0 Å². The maximum Gasteiger partial charge on any atom is 0.337 e. The topological polar surface area (TPSA) is 86.6 Å². The van der Waals surface area contributed by atoms with Crippen molar-refractivity contribution in [1.82, 2.24) is 0 Å². The molecule has 0 unspecified atom stereocenters. The Morgan fingerprint density at radius 2 is 2.00 bits per heavy atom. The third-order valence-corrected chi connectivity index (χ3v) is 2.59. The molecule has 92 valence electrons. The summed E-state index contributed by atoms with van der Waals surface area (Å²) in [7, 11) is 0. The highest BCUT2D eigenvalue weighted by molar-refractivity contribution is 9.10. The Kier molecular flexibility index (Phi) is 4.96. The van der Waals surface area contributed by atoms with Crippen LogP contribution in [0, 0.1) is 0 Å². The highest BCUT2D eigenvalue weighted by atomic mass is 79.9. The first kappa shape index (κ1) is 13.5. The van der Waals surface area contributed by atoms with Gasteiger partial charge in [-0.2, -0.15) is 0 Å². The van der Waals surface area contributed by atoms with E-state index in [-0.39, 0.29) is 12.0 Å². The Bertz CT molecular complexity index is 433. The summed E-state index contributed by atoms with van der Waals surface area (Å²) < 4.78 is 0.686. The summed E-state index contributed by atoms with van der Waals surface area (Å²) in [5.74, 6) is -1.88. The average molecular weight is 302 g/mol. The maximum absolute atomic E-state index is 11.0. The fourth-order valence-corrected chi connectivity index (χ4v) is 1.67. The van der Waals surface area contributed by atoms with Gasteiger partial charge in [-0.25, -0.2) is 4.79 Å². The van der Waals surface area contributed by atoms with Crippen LogP contribution in [0.25, 0.3) is 0 Å². The summed E-state index contributed by atoms with van der Waals surface area (Å²) in [6.07, 6.45) is 0.510. The van der Waals surface area contributed by atoms with Crippen molar-refractivity contribution in [3.8, 4) is 0 Å². The molecule has 3 N–H and O–H groups in total. The van der Waals surface area contributed by atoms with Gasteiger partial charge in [0.2, 0.25) is 0 Å². The third-order valence-electron chi connectivity index (χ3n) is 2.09. The largest absolute Gasteiger partial charge is 0.481 e. The minimum Gasteiger partial charge on any atom is -0.481 e. The van der Waals surface area contributed by atoms with Gasteiger partial charge >= 0.3 is 11.9 Å². The van der Waals surface area contributed by atoms with E-state index in [9.17, 15) is 9.59 Å². The molecular formula is C11H12BrNO4. The average Bonchev–Trinajstić information content (AvgIpc) is 2.25. The Hall–Kier alpha value is -1.56. The SMILES string of the molecule is O=C(O)CCCNc1ccc(Br)cc1C(=O)O. The van der Waals surface area contributed by atoms with Crippen molar-refractivity contribution in [3.05, 3.63) is 28.2 Å². The van der Waals surface area contributed by atoms with Crippen LogP contribution in [-0.4, -0.2) is 28.7 Å². The van der Waals surface area contributed by atoms with Crippen LogP contribution in [0.2, 0.25) is 0 Å². The molecule has 1 aromatic carbocycles. The summed E-state index contributed by atoms with van der Waals surface area (Å²) in [6, 6.07) is 4.88. The van der Waals surface area contributed by atoms with Crippen molar-refractivity contribution >= 4 is 33.6 Å². The van der Waals surface area contributed by atoms with E-state index in [1.807, 2.05) is 0 Å². The number of hydrogen-bond acceptors (Lipinski definition) is 3. The van der Waals surface area contributed by atoms with E-state index >= 15 is 0 Å². The Labute approximate surface area is 107 Å². The molecule has 6 heteroatoms. The predicted molar refractivity (Wildman–Crippen MR) is 66.5 cm³/mol. The van der Waals surface area contributed by atoms with E-state index in [0.717, 1.165) is 0 Å². The third kappa shape index (κ3) is 4.44. The molecule has 0 radical (unpaired) electrons. The van der Waals surface area contributed by atoms with Gasteiger partial charge in [-0.05, 0) is 24.6 Å². The van der Waals surface area contributed by atoms with Gasteiger partial charge in [0.05, 0.1) is 5.56 Å². The number of anilines is 1. The monoisotopic (exact) mass is 301 g/mol. The lowest BCUT2D eigenvalue weighted by molar-refractivity contribution is -0.137. The van der Waals surface area contributed by atoms with Crippen molar-refractivity contribution < 1.29 is 19.8 Å². The minimum absolute atomic E-state index is 0.0614. The quantitative estimate of drug-likeness (QED) is 0.703. The van der Waals surface area contributed by atoms with Gasteiger partial charge in [-0.1, -0.05) is 15.9 Å². The van der Waals surface area contributed by atoms with E-state index in [1.165, 1.54) is 6.07 Å². The van der Waals surface area contributed by atoms with Gasteiger partial charge < -0.3 is 15.5 Å². The van der Waals surface area contributed by atoms with E-state index in [2.05, 4.69) is 21.2 Å². The molecule has 0 saturated carbocycles. The number of rotatable bonds is 6. The van der Waals surface area contributed by atoms with Crippen LogP contribution in [0.1, 0.15) is 23.2 Å². The molecule has 17 heavy (non-hydrogen) atoms. The first-order valence-electron chi connectivity index (χ1n) is 4.99.